The fourth-order valence-corrected chi connectivity index (χ4v) is 3.57. The highest BCUT2D eigenvalue weighted by atomic mass is 32.1. The molecule has 3 aromatic rings. The van der Waals surface area contributed by atoms with E-state index in [4.69, 9.17) is 5.73 Å². The molecule has 156 valence electrons. The molecule has 0 spiro atoms. The smallest absolute Gasteiger partial charge is 0.244 e. The maximum absolute atomic E-state index is 12.9. The predicted octanol–water partition coefficient (Wildman–Crippen LogP) is 4.41. The van der Waals surface area contributed by atoms with Crippen LogP contribution in [0, 0.1) is 5.41 Å². The molecule has 7 heteroatoms. The summed E-state index contributed by atoms with van der Waals surface area (Å²) in [6.07, 6.45) is 0. The van der Waals surface area contributed by atoms with Gasteiger partial charge in [-0.05, 0) is 17.7 Å². The first-order valence-corrected chi connectivity index (χ1v) is 10.5. The summed E-state index contributed by atoms with van der Waals surface area (Å²) in [6.45, 7) is 5.93. The van der Waals surface area contributed by atoms with Crippen molar-refractivity contribution in [3.05, 3.63) is 65.5 Å². The third-order valence-corrected chi connectivity index (χ3v) is 5.14. The van der Waals surface area contributed by atoms with Crippen molar-refractivity contribution in [2.45, 2.75) is 27.3 Å². The Bertz CT molecular complexity index is 1010. The van der Waals surface area contributed by atoms with Gasteiger partial charge in [0.2, 0.25) is 11.8 Å². The van der Waals surface area contributed by atoms with Gasteiger partial charge in [0, 0.05) is 28.6 Å². The summed E-state index contributed by atoms with van der Waals surface area (Å²) in [5, 5.41) is 5.28. The molecule has 0 unspecified atom stereocenters. The van der Waals surface area contributed by atoms with Crippen molar-refractivity contribution in [3.63, 3.8) is 0 Å². The van der Waals surface area contributed by atoms with Gasteiger partial charge in [0.15, 0.2) is 5.13 Å². The normalized spacial score (nSPS) is 11.2. The molecule has 0 fully saturated rings. The van der Waals surface area contributed by atoms with E-state index in [1.54, 1.807) is 4.90 Å². The van der Waals surface area contributed by atoms with E-state index in [0.29, 0.717) is 17.4 Å². The van der Waals surface area contributed by atoms with Crippen LogP contribution in [0.25, 0.3) is 11.3 Å². The Balaban J connectivity index is 1.68. The van der Waals surface area contributed by atoms with E-state index in [0.717, 1.165) is 16.8 Å². The Hall–Kier alpha value is -3.19. The molecule has 30 heavy (non-hydrogen) atoms. The van der Waals surface area contributed by atoms with Gasteiger partial charge in [0.1, 0.15) is 6.54 Å². The van der Waals surface area contributed by atoms with Gasteiger partial charge in [0.05, 0.1) is 5.69 Å². The van der Waals surface area contributed by atoms with Crippen molar-refractivity contribution < 1.29 is 9.59 Å². The van der Waals surface area contributed by atoms with Gasteiger partial charge in [-0.1, -0.05) is 63.2 Å². The SMILES string of the molecule is CC(C)(C)C(=O)N(CC(=O)Nc1ccc(-c2csc(N)n2)cc1)Cc1ccccc1. The molecule has 0 saturated heterocycles. The highest BCUT2D eigenvalue weighted by Gasteiger charge is 2.28. The highest BCUT2D eigenvalue weighted by Crippen LogP contribution is 2.24. The van der Waals surface area contributed by atoms with Gasteiger partial charge < -0.3 is 16.0 Å². The fourth-order valence-electron chi connectivity index (χ4n) is 3.00. The molecule has 0 atom stereocenters. The minimum atomic E-state index is -0.577. The molecule has 2 amide bonds. The molecular formula is C23H26N4O2S. The first kappa shape index (κ1) is 21.5. The van der Waals surface area contributed by atoms with E-state index in [2.05, 4.69) is 10.3 Å². The van der Waals surface area contributed by atoms with E-state index in [1.165, 1.54) is 11.3 Å². The third kappa shape index (κ3) is 5.67. The highest BCUT2D eigenvalue weighted by molar-refractivity contribution is 7.13. The number of aromatic nitrogens is 1. The standard InChI is InChI=1S/C23H26N4O2S/c1-23(2,3)21(29)27(13-16-7-5-4-6-8-16)14-20(28)25-18-11-9-17(10-12-18)19-15-30-22(24)26-19/h4-12,15H,13-14H2,1-3H3,(H2,24,26)(H,25,28). The van der Waals surface area contributed by atoms with Crippen molar-refractivity contribution in [2.24, 2.45) is 5.41 Å². The number of nitrogens with two attached hydrogens (primary N) is 1. The zero-order valence-electron chi connectivity index (χ0n) is 17.4. The Kier molecular flexibility index (Phi) is 6.52. The number of nitrogen functional groups attached to an aromatic ring is 1. The molecule has 3 rings (SSSR count). The van der Waals surface area contributed by atoms with E-state index < -0.39 is 5.41 Å². The van der Waals surface area contributed by atoms with Crippen LogP contribution >= 0.6 is 11.3 Å². The van der Waals surface area contributed by atoms with Gasteiger partial charge in [-0.25, -0.2) is 4.98 Å². The number of amides is 2. The molecule has 1 aromatic heterocycles. The second-order valence-corrected chi connectivity index (χ2v) is 8.98. The number of carbonyl (C=O) groups excluding carboxylic acids is 2. The van der Waals surface area contributed by atoms with Crippen molar-refractivity contribution in [3.8, 4) is 11.3 Å². The van der Waals surface area contributed by atoms with E-state index in [9.17, 15) is 9.59 Å². The molecule has 0 saturated carbocycles. The number of nitrogens with zero attached hydrogens (tertiary/aromatic N) is 2. The van der Waals surface area contributed by atoms with Gasteiger partial charge in [-0.2, -0.15) is 0 Å². The minimum absolute atomic E-state index is 0.0185. The van der Waals surface area contributed by atoms with E-state index in [1.807, 2.05) is 80.7 Å². The number of benzene rings is 2. The Morgan fingerprint density at radius 3 is 2.30 bits per heavy atom. The van der Waals surface area contributed by atoms with Crippen LogP contribution in [-0.2, 0) is 16.1 Å². The zero-order chi connectivity index (χ0) is 21.7. The lowest BCUT2D eigenvalue weighted by Crippen LogP contribution is -2.43. The van der Waals surface area contributed by atoms with Crippen LogP contribution in [0.5, 0.6) is 0 Å². The maximum Gasteiger partial charge on any atom is 0.244 e. The Morgan fingerprint density at radius 1 is 1.07 bits per heavy atom. The van der Waals surface area contributed by atoms with Crippen LogP contribution in [0.4, 0.5) is 10.8 Å². The van der Waals surface area contributed by atoms with Crippen LogP contribution in [0.15, 0.2) is 60.0 Å². The summed E-state index contributed by atoms with van der Waals surface area (Å²) < 4.78 is 0. The number of thiazole rings is 1. The number of anilines is 2. The van der Waals surface area contributed by atoms with Crippen LogP contribution in [0.3, 0.4) is 0 Å². The number of nitrogens with one attached hydrogen (secondary N) is 1. The van der Waals surface area contributed by atoms with Crippen molar-refractivity contribution in [2.75, 3.05) is 17.6 Å². The largest absolute Gasteiger partial charge is 0.375 e. The van der Waals surface area contributed by atoms with E-state index >= 15 is 0 Å². The first-order chi connectivity index (χ1) is 14.2. The summed E-state index contributed by atoms with van der Waals surface area (Å²) in [5.74, 6) is -0.313. The third-order valence-electron chi connectivity index (χ3n) is 4.47. The Labute approximate surface area is 180 Å². The molecule has 2 aromatic carbocycles. The van der Waals surface area contributed by atoms with Crippen LogP contribution < -0.4 is 11.1 Å². The van der Waals surface area contributed by atoms with Gasteiger partial charge in [0.25, 0.3) is 0 Å². The van der Waals surface area contributed by atoms with Crippen molar-refractivity contribution >= 4 is 34.0 Å². The molecule has 3 N–H and O–H groups in total. The lowest BCUT2D eigenvalue weighted by Gasteiger charge is -2.29. The van der Waals surface area contributed by atoms with Gasteiger partial charge >= 0.3 is 0 Å². The maximum atomic E-state index is 12.9. The molecule has 0 radical (unpaired) electrons. The lowest BCUT2D eigenvalue weighted by molar-refractivity contribution is -0.142. The van der Waals surface area contributed by atoms with Crippen LogP contribution in [0.1, 0.15) is 26.3 Å². The number of hydrogen-bond acceptors (Lipinski definition) is 5. The topological polar surface area (TPSA) is 88.3 Å². The van der Waals surface area contributed by atoms with Crippen LogP contribution in [0.2, 0.25) is 0 Å². The molecule has 0 bridgehead atoms. The lowest BCUT2D eigenvalue weighted by atomic mass is 9.94. The van der Waals surface area contributed by atoms with Crippen molar-refractivity contribution in [1.82, 2.24) is 9.88 Å². The molecule has 0 aliphatic carbocycles. The first-order valence-electron chi connectivity index (χ1n) is 9.67. The molecular weight excluding hydrogens is 396 g/mol. The summed E-state index contributed by atoms with van der Waals surface area (Å²) in [5.41, 5.74) is 8.48. The summed E-state index contributed by atoms with van der Waals surface area (Å²) in [6, 6.07) is 17.1. The Morgan fingerprint density at radius 2 is 1.73 bits per heavy atom. The second-order valence-electron chi connectivity index (χ2n) is 8.09. The average Bonchev–Trinajstić information content (AvgIpc) is 3.14. The number of carbonyl (C=O) groups is 2. The summed E-state index contributed by atoms with van der Waals surface area (Å²) in [4.78, 5) is 31.4. The molecule has 0 aliphatic heterocycles. The fraction of sp³-hybridized carbons (Fsp3) is 0.261. The molecule has 6 nitrogen and oxygen atoms in total. The van der Waals surface area contributed by atoms with Crippen molar-refractivity contribution in [1.29, 1.82) is 0 Å². The second kappa shape index (κ2) is 9.09. The van der Waals surface area contributed by atoms with Gasteiger partial charge in [-0.15, -0.1) is 11.3 Å². The average molecular weight is 423 g/mol. The minimum Gasteiger partial charge on any atom is -0.375 e. The predicted molar refractivity (Wildman–Crippen MR) is 122 cm³/mol. The number of rotatable bonds is 6. The quantitative estimate of drug-likeness (QED) is 0.616. The number of hydrogen-bond donors (Lipinski definition) is 2. The molecule has 0 aliphatic rings. The van der Waals surface area contributed by atoms with Crippen LogP contribution in [-0.4, -0.2) is 28.2 Å². The van der Waals surface area contributed by atoms with Gasteiger partial charge in [-0.3, -0.25) is 9.59 Å². The van der Waals surface area contributed by atoms with E-state index in [-0.39, 0.29) is 18.4 Å². The molecule has 1 heterocycles. The monoisotopic (exact) mass is 422 g/mol. The summed E-state index contributed by atoms with van der Waals surface area (Å²) >= 11 is 1.39. The summed E-state index contributed by atoms with van der Waals surface area (Å²) in [7, 11) is 0. The zero-order valence-corrected chi connectivity index (χ0v) is 18.2.